The quantitative estimate of drug-likeness (QED) is 0.512. The third kappa shape index (κ3) is 9.17. The molecule has 0 fully saturated rings. The van der Waals surface area contributed by atoms with Crippen molar-refractivity contribution in [2.75, 3.05) is 30.0 Å². The third-order valence-electron chi connectivity index (χ3n) is 4.43. The second kappa shape index (κ2) is 12.3. The van der Waals surface area contributed by atoms with Gasteiger partial charge in [-0.3, -0.25) is 14.4 Å². The molecule has 0 saturated carbocycles. The molecule has 0 heterocycles. The van der Waals surface area contributed by atoms with Crippen LogP contribution >= 0.6 is 11.8 Å². The van der Waals surface area contributed by atoms with Crippen molar-refractivity contribution in [1.82, 2.24) is 4.90 Å². The van der Waals surface area contributed by atoms with Gasteiger partial charge in [0.05, 0.1) is 23.7 Å². The van der Waals surface area contributed by atoms with E-state index in [1.54, 1.807) is 19.1 Å². The smallest absolute Gasteiger partial charge is 0.416 e. The number of esters is 1. The minimum absolute atomic E-state index is 0.0210. The number of amides is 2. The summed E-state index contributed by atoms with van der Waals surface area (Å²) in [4.78, 5) is 37.9. The van der Waals surface area contributed by atoms with Crippen molar-refractivity contribution < 1.29 is 32.3 Å². The number of hydrogen-bond donors (Lipinski definition) is 1. The normalized spacial score (nSPS) is 11.1. The van der Waals surface area contributed by atoms with E-state index in [0.717, 1.165) is 29.5 Å². The molecule has 0 aliphatic carbocycles. The van der Waals surface area contributed by atoms with Gasteiger partial charge in [0.15, 0.2) is 0 Å². The summed E-state index contributed by atoms with van der Waals surface area (Å²) in [6, 6.07) is 11.6. The Hall–Kier alpha value is -3.01. The van der Waals surface area contributed by atoms with Crippen molar-refractivity contribution in [2.45, 2.75) is 26.6 Å². The highest BCUT2D eigenvalue weighted by molar-refractivity contribution is 8.00. The Morgan fingerprint density at radius 1 is 1.00 bits per heavy atom. The lowest BCUT2D eigenvalue weighted by Gasteiger charge is -2.22. The standard InChI is InChI=1S/C23H25F3N2O4S/c1-3-32-22(31)13-28(12-17-6-8-18(9-7-17)23(24,25)26)21(30)15-33-14-20(29)27-19-10-4-16(2)5-11-19/h4-11H,3,12-15H2,1-2H3,(H,27,29). The fourth-order valence-electron chi connectivity index (χ4n) is 2.77. The second-order valence-electron chi connectivity index (χ2n) is 7.16. The highest BCUT2D eigenvalue weighted by Crippen LogP contribution is 2.29. The Morgan fingerprint density at radius 2 is 1.64 bits per heavy atom. The van der Waals surface area contributed by atoms with Crippen LogP contribution in [0.2, 0.25) is 0 Å². The number of alkyl halides is 3. The molecule has 0 atom stereocenters. The van der Waals surface area contributed by atoms with Crippen LogP contribution in [0.25, 0.3) is 0 Å². The molecular weight excluding hydrogens is 457 g/mol. The number of nitrogens with zero attached hydrogens (tertiary/aromatic N) is 1. The second-order valence-corrected chi connectivity index (χ2v) is 8.14. The number of benzene rings is 2. The van der Waals surface area contributed by atoms with E-state index in [0.29, 0.717) is 11.3 Å². The summed E-state index contributed by atoms with van der Waals surface area (Å²) in [6.07, 6.45) is -4.46. The first-order valence-corrected chi connectivity index (χ1v) is 11.3. The molecule has 0 spiro atoms. The molecule has 0 aliphatic heterocycles. The highest BCUT2D eigenvalue weighted by atomic mass is 32.2. The van der Waals surface area contributed by atoms with Gasteiger partial charge in [-0.1, -0.05) is 29.8 Å². The molecule has 0 bridgehead atoms. The molecule has 2 aromatic rings. The summed E-state index contributed by atoms with van der Waals surface area (Å²) in [5.74, 6) is -1.40. The lowest BCUT2D eigenvalue weighted by atomic mass is 10.1. The summed E-state index contributed by atoms with van der Waals surface area (Å²) < 4.78 is 43.2. The summed E-state index contributed by atoms with van der Waals surface area (Å²) in [5, 5.41) is 2.73. The SMILES string of the molecule is CCOC(=O)CN(Cc1ccc(C(F)(F)F)cc1)C(=O)CSCC(=O)Nc1ccc(C)cc1. The molecule has 0 saturated heterocycles. The van der Waals surface area contributed by atoms with Gasteiger partial charge in [-0.15, -0.1) is 11.8 Å². The molecule has 0 radical (unpaired) electrons. The first-order valence-electron chi connectivity index (χ1n) is 10.1. The topological polar surface area (TPSA) is 75.7 Å². The molecule has 0 aliphatic rings. The number of anilines is 1. The largest absolute Gasteiger partial charge is 0.465 e. The summed E-state index contributed by atoms with van der Waals surface area (Å²) in [6.45, 7) is 3.28. The van der Waals surface area contributed by atoms with Crippen LogP contribution in [0.4, 0.5) is 18.9 Å². The monoisotopic (exact) mass is 482 g/mol. The van der Waals surface area contributed by atoms with Crippen molar-refractivity contribution in [1.29, 1.82) is 0 Å². The number of halogens is 3. The van der Waals surface area contributed by atoms with Gasteiger partial charge in [-0.2, -0.15) is 13.2 Å². The van der Waals surface area contributed by atoms with Crippen molar-refractivity contribution in [3.05, 3.63) is 65.2 Å². The van der Waals surface area contributed by atoms with Crippen LogP contribution in [0.5, 0.6) is 0 Å². The van der Waals surface area contributed by atoms with Crippen molar-refractivity contribution >= 4 is 35.2 Å². The van der Waals surface area contributed by atoms with Crippen molar-refractivity contribution in [3.63, 3.8) is 0 Å². The van der Waals surface area contributed by atoms with Crippen LogP contribution in [0.1, 0.15) is 23.6 Å². The summed E-state index contributed by atoms with van der Waals surface area (Å²) in [7, 11) is 0. The lowest BCUT2D eigenvalue weighted by molar-refractivity contribution is -0.148. The van der Waals surface area contributed by atoms with E-state index in [4.69, 9.17) is 4.74 Å². The molecule has 0 aromatic heterocycles. The maximum absolute atomic E-state index is 12.8. The van der Waals surface area contributed by atoms with E-state index in [9.17, 15) is 27.6 Å². The minimum Gasteiger partial charge on any atom is -0.465 e. The predicted molar refractivity (Wildman–Crippen MR) is 121 cm³/mol. The van der Waals surface area contributed by atoms with Crippen molar-refractivity contribution in [3.8, 4) is 0 Å². The molecule has 2 amide bonds. The van der Waals surface area contributed by atoms with Gasteiger partial charge >= 0.3 is 12.1 Å². The number of thioether (sulfide) groups is 1. The molecule has 33 heavy (non-hydrogen) atoms. The number of hydrogen-bond acceptors (Lipinski definition) is 5. The van der Waals surface area contributed by atoms with Gasteiger partial charge in [-0.05, 0) is 43.7 Å². The van der Waals surface area contributed by atoms with Gasteiger partial charge in [-0.25, -0.2) is 0 Å². The van der Waals surface area contributed by atoms with E-state index < -0.39 is 23.6 Å². The van der Waals surface area contributed by atoms with E-state index in [1.165, 1.54) is 17.0 Å². The average Bonchev–Trinajstić information content (AvgIpc) is 2.75. The van der Waals surface area contributed by atoms with Crippen LogP contribution in [0.3, 0.4) is 0 Å². The Bertz CT molecular complexity index is 948. The lowest BCUT2D eigenvalue weighted by Crippen LogP contribution is -2.37. The Balaban J connectivity index is 1.94. The number of rotatable bonds is 10. The number of nitrogens with one attached hydrogen (secondary N) is 1. The maximum atomic E-state index is 12.8. The Morgan fingerprint density at radius 3 is 2.21 bits per heavy atom. The van der Waals surface area contributed by atoms with Crippen LogP contribution in [-0.2, 0) is 31.8 Å². The molecule has 2 rings (SSSR count). The zero-order chi connectivity index (χ0) is 24.4. The molecule has 1 N–H and O–H groups in total. The van der Waals surface area contributed by atoms with Gasteiger partial charge in [0, 0.05) is 12.2 Å². The van der Waals surface area contributed by atoms with Gasteiger partial charge in [0.2, 0.25) is 11.8 Å². The van der Waals surface area contributed by atoms with Gasteiger partial charge in [0.1, 0.15) is 6.54 Å². The fraction of sp³-hybridized carbons (Fsp3) is 0.348. The number of ether oxygens (including phenoxy) is 1. The number of carbonyl (C=O) groups is 3. The van der Waals surface area contributed by atoms with Gasteiger partial charge < -0.3 is 15.0 Å². The first kappa shape index (κ1) is 26.2. The predicted octanol–water partition coefficient (Wildman–Crippen LogP) is 4.28. The molecule has 2 aromatic carbocycles. The minimum atomic E-state index is -4.46. The zero-order valence-corrected chi connectivity index (χ0v) is 19.1. The molecule has 178 valence electrons. The fourth-order valence-corrected chi connectivity index (χ4v) is 3.49. The van der Waals surface area contributed by atoms with E-state index in [1.807, 2.05) is 19.1 Å². The van der Waals surface area contributed by atoms with Crippen LogP contribution in [0, 0.1) is 6.92 Å². The summed E-state index contributed by atoms with van der Waals surface area (Å²) in [5.41, 5.74) is 1.33. The van der Waals surface area contributed by atoms with Crippen LogP contribution in [0.15, 0.2) is 48.5 Å². The maximum Gasteiger partial charge on any atom is 0.416 e. The van der Waals surface area contributed by atoms with Gasteiger partial charge in [0.25, 0.3) is 0 Å². The highest BCUT2D eigenvalue weighted by Gasteiger charge is 2.30. The Labute approximate surface area is 194 Å². The Kier molecular flexibility index (Phi) is 9.77. The van der Waals surface area contributed by atoms with E-state index in [-0.39, 0.29) is 37.1 Å². The van der Waals surface area contributed by atoms with Crippen molar-refractivity contribution in [2.24, 2.45) is 0 Å². The molecule has 6 nitrogen and oxygen atoms in total. The van der Waals surface area contributed by atoms with Crippen LogP contribution in [-0.4, -0.2) is 47.3 Å². The summed E-state index contributed by atoms with van der Waals surface area (Å²) >= 11 is 1.07. The first-order chi connectivity index (χ1) is 15.6. The zero-order valence-electron chi connectivity index (χ0n) is 18.3. The van der Waals surface area contributed by atoms with E-state index >= 15 is 0 Å². The number of aryl methyl sites for hydroxylation is 1. The van der Waals surface area contributed by atoms with Crippen LogP contribution < -0.4 is 5.32 Å². The average molecular weight is 483 g/mol. The molecular formula is C23H25F3N2O4S. The number of carbonyl (C=O) groups excluding carboxylic acids is 3. The molecule has 0 unspecified atom stereocenters. The molecule has 10 heteroatoms. The van der Waals surface area contributed by atoms with E-state index in [2.05, 4.69) is 5.32 Å². The third-order valence-corrected chi connectivity index (χ3v) is 5.34.